The van der Waals surface area contributed by atoms with Gasteiger partial charge in [0, 0.05) is 23.7 Å². The Morgan fingerprint density at radius 1 is 1.17 bits per heavy atom. The van der Waals surface area contributed by atoms with Crippen molar-refractivity contribution in [1.29, 1.82) is 0 Å². The Bertz CT molecular complexity index is 1040. The van der Waals surface area contributed by atoms with Gasteiger partial charge in [-0.3, -0.25) is 9.78 Å². The average molecular weight is 390 g/mol. The summed E-state index contributed by atoms with van der Waals surface area (Å²) in [6.45, 7) is 1.88. The quantitative estimate of drug-likeness (QED) is 0.716. The highest BCUT2D eigenvalue weighted by Gasteiger charge is 2.40. The van der Waals surface area contributed by atoms with Gasteiger partial charge in [0.25, 0.3) is 5.91 Å². The maximum atomic E-state index is 13.1. The summed E-state index contributed by atoms with van der Waals surface area (Å²) in [5.74, 6) is 0.803. The van der Waals surface area contributed by atoms with Gasteiger partial charge in [0.1, 0.15) is 0 Å². The number of nitrogens with zero attached hydrogens (tertiary/aromatic N) is 4. The first-order valence-electron chi connectivity index (χ1n) is 10.4. The van der Waals surface area contributed by atoms with Crippen LogP contribution in [0.1, 0.15) is 48.3 Å². The number of amides is 1. The molecule has 3 aromatic rings. The van der Waals surface area contributed by atoms with Gasteiger partial charge in [-0.15, -0.1) is 5.10 Å². The predicted octanol–water partition coefficient (Wildman–Crippen LogP) is 2.76. The van der Waals surface area contributed by atoms with Crippen LogP contribution >= 0.6 is 0 Å². The third-order valence-electron chi connectivity index (χ3n) is 6.62. The van der Waals surface area contributed by atoms with E-state index in [9.17, 15) is 4.79 Å². The van der Waals surface area contributed by atoms with Gasteiger partial charge in [-0.25, -0.2) is 4.68 Å². The summed E-state index contributed by atoms with van der Waals surface area (Å²) in [5.41, 5.74) is 8.99. The monoisotopic (exact) mass is 390 g/mol. The Morgan fingerprint density at radius 2 is 1.93 bits per heavy atom. The van der Waals surface area contributed by atoms with Crippen molar-refractivity contribution < 1.29 is 4.79 Å². The number of hydrogen-bond donors (Lipinski definition) is 2. The van der Waals surface area contributed by atoms with Gasteiger partial charge >= 0.3 is 0 Å². The molecule has 0 aliphatic heterocycles. The van der Waals surface area contributed by atoms with Crippen LogP contribution in [0.5, 0.6) is 0 Å². The lowest BCUT2D eigenvalue weighted by molar-refractivity contribution is 0.0751. The number of benzene rings is 1. The molecular formula is C22H26N6O. The normalized spacial score (nSPS) is 26.4. The Labute approximate surface area is 169 Å². The number of aromatic nitrogens is 4. The molecule has 1 amide bonds. The molecule has 150 valence electrons. The van der Waals surface area contributed by atoms with Gasteiger partial charge in [-0.1, -0.05) is 29.8 Å². The van der Waals surface area contributed by atoms with Crippen LogP contribution in [0.15, 0.2) is 36.5 Å². The molecule has 0 saturated heterocycles. The first kappa shape index (κ1) is 18.2. The highest BCUT2D eigenvalue weighted by Crippen LogP contribution is 2.39. The minimum absolute atomic E-state index is 0.140. The number of fused-ring (bicyclic) bond motifs is 3. The molecule has 2 saturated carbocycles. The molecular weight excluding hydrogens is 364 g/mol. The molecule has 2 aliphatic carbocycles. The van der Waals surface area contributed by atoms with E-state index in [1.807, 2.05) is 37.3 Å². The summed E-state index contributed by atoms with van der Waals surface area (Å²) >= 11 is 0. The van der Waals surface area contributed by atoms with Gasteiger partial charge in [-0.05, 0) is 56.6 Å². The van der Waals surface area contributed by atoms with E-state index in [1.54, 1.807) is 10.9 Å². The Kier molecular flexibility index (Phi) is 4.54. The number of hydrogen-bond acceptors (Lipinski definition) is 5. The summed E-state index contributed by atoms with van der Waals surface area (Å²) in [4.78, 5) is 17.6. The Hall–Kier alpha value is -2.80. The number of para-hydroxylation sites is 1. The molecule has 2 aliphatic rings. The van der Waals surface area contributed by atoms with E-state index >= 15 is 0 Å². The third-order valence-corrected chi connectivity index (χ3v) is 6.62. The molecule has 2 atom stereocenters. The Morgan fingerprint density at radius 3 is 2.72 bits per heavy atom. The molecule has 0 radical (unpaired) electrons. The molecule has 5 rings (SSSR count). The van der Waals surface area contributed by atoms with Gasteiger partial charge in [0.05, 0.1) is 16.9 Å². The van der Waals surface area contributed by atoms with Crippen LogP contribution in [0.4, 0.5) is 0 Å². The highest BCUT2D eigenvalue weighted by molar-refractivity contribution is 5.94. The van der Waals surface area contributed by atoms with Gasteiger partial charge < -0.3 is 11.1 Å². The summed E-state index contributed by atoms with van der Waals surface area (Å²) < 4.78 is 1.71. The molecule has 2 bridgehead atoms. The number of pyridine rings is 1. The van der Waals surface area contributed by atoms with Gasteiger partial charge in [0.15, 0.2) is 5.69 Å². The second kappa shape index (κ2) is 7.22. The van der Waals surface area contributed by atoms with Crippen molar-refractivity contribution in [2.75, 3.05) is 0 Å². The smallest absolute Gasteiger partial charge is 0.274 e. The lowest BCUT2D eigenvalue weighted by Gasteiger charge is -2.45. The zero-order chi connectivity index (χ0) is 20.0. The topological polar surface area (TPSA) is 98.7 Å². The molecule has 2 aromatic heterocycles. The molecule has 2 unspecified atom stereocenters. The molecule has 3 N–H and O–H groups in total. The first-order chi connectivity index (χ1) is 14.1. The molecule has 1 aromatic carbocycles. The van der Waals surface area contributed by atoms with Crippen LogP contribution in [0.25, 0.3) is 16.6 Å². The molecule has 0 spiro atoms. The van der Waals surface area contributed by atoms with E-state index < -0.39 is 0 Å². The number of carbonyl (C=O) groups excluding carboxylic acids is 1. The van der Waals surface area contributed by atoms with Crippen molar-refractivity contribution in [3.8, 4) is 5.69 Å². The number of nitrogens with one attached hydrogen (secondary N) is 1. The summed E-state index contributed by atoms with van der Waals surface area (Å²) in [5, 5.41) is 12.8. The van der Waals surface area contributed by atoms with Crippen molar-refractivity contribution >= 4 is 16.8 Å². The first-order valence-corrected chi connectivity index (χ1v) is 10.4. The number of rotatable bonds is 3. The standard InChI is InChI=1S/C22H26N6O/c1-13-19(22(29)25-20-15-6-2-7-16(20)12-17(23)11-15)26-27-28(13)18-9-3-5-14-8-4-10-24-21(14)18/h3-5,8-10,15-17,20H,2,6-7,11-12,23H2,1H3,(H,25,29). The fourth-order valence-corrected chi connectivity index (χ4v) is 5.27. The van der Waals surface area contributed by atoms with Crippen molar-refractivity contribution in [3.63, 3.8) is 0 Å². The lowest BCUT2D eigenvalue weighted by atomic mass is 9.67. The van der Waals surface area contributed by atoms with Crippen molar-refractivity contribution in [1.82, 2.24) is 25.3 Å². The van der Waals surface area contributed by atoms with Crippen molar-refractivity contribution in [2.24, 2.45) is 17.6 Å². The Balaban J connectivity index is 1.43. The average Bonchev–Trinajstić information content (AvgIpc) is 3.09. The summed E-state index contributed by atoms with van der Waals surface area (Å²) in [6, 6.07) is 10.3. The minimum atomic E-state index is -0.140. The van der Waals surface area contributed by atoms with Crippen molar-refractivity contribution in [3.05, 3.63) is 47.9 Å². The van der Waals surface area contributed by atoms with Gasteiger partial charge in [0.2, 0.25) is 0 Å². The van der Waals surface area contributed by atoms with Gasteiger partial charge in [-0.2, -0.15) is 0 Å². The fraction of sp³-hybridized carbons (Fsp3) is 0.455. The van der Waals surface area contributed by atoms with E-state index in [-0.39, 0.29) is 18.0 Å². The lowest BCUT2D eigenvalue weighted by Crippen LogP contribution is -2.53. The third kappa shape index (κ3) is 3.19. The van der Waals surface area contributed by atoms with Crippen LogP contribution in [-0.2, 0) is 0 Å². The molecule has 2 heterocycles. The zero-order valence-electron chi connectivity index (χ0n) is 16.6. The largest absolute Gasteiger partial charge is 0.347 e. The van der Waals surface area contributed by atoms with E-state index in [0.29, 0.717) is 17.5 Å². The van der Waals surface area contributed by atoms with Crippen molar-refractivity contribution in [2.45, 2.75) is 51.1 Å². The second-order valence-corrected chi connectivity index (χ2v) is 8.47. The van der Waals surface area contributed by atoms with Crippen LogP contribution in [0.3, 0.4) is 0 Å². The molecule has 7 nitrogen and oxygen atoms in total. The SMILES string of the molecule is Cc1c(C(=O)NC2C3CCCC2CC(N)C3)nnn1-c1cccc2cccnc12. The maximum Gasteiger partial charge on any atom is 0.274 e. The minimum Gasteiger partial charge on any atom is -0.347 e. The predicted molar refractivity (Wildman–Crippen MR) is 111 cm³/mol. The molecule has 29 heavy (non-hydrogen) atoms. The second-order valence-electron chi connectivity index (χ2n) is 8.47. The van der Waals surface area contributed by atoms with Crippen LogP contribution < -0.4 is 11.1 Å². The summed E-state index contributed by atoms with van der Waals surface area (Å²) in [6.07, 6.45) is 7.27. The van der Waals surface area contributed by atoms with E-state index in [2.05, 4.69) is 20.6 Å². The van der Waals surface area contributed by atoms with E-state index in [4.69, 9.17) is 5.73 Å². The molecule has 2 fully saturated rings. The molecule has 7 heteroatoms. The number of nitrogens with two attached hydrogens (primary N) is 1. The van der Waals surface area contributed by atoms with Crippen LogP contribution in [-0.4, -0.2) is 38.0 Å². The van der Waals surface area contributed by atoms with Crippen LogP contribution in [0, 0.1) is 18.8 Å². The fourth-order valence-electron chi connectivity index (χ4n) is 5.27. The summed E-state index contributed by atoms with van der Waals surface area (Å²) in [7, 11) is 0. The number of carbonyl (C=O) groups is 1. The highest BCUT2D eigenvalue weighted by atomic mass is 16.2. The van der Waals surface area contributed by atoms with Crippen LogP contribution in [0.2, 0.25) is 0 Å². The maximum absolute atomic E-state index is 13.1. The van der Waals surface area contributed by atoms with E-state index in [1.165, 1.54) is 6.42 Å². The zero-order valence-corrected chi connectivity index (χ0v) is 16.6. The van der Waals surface area contributed by atoms with E-state index in [0.717, 1.165) is 48.0 Å².